The Hall–Kier alpha value is -4.30. The number of aryl methyl sites for hydroxylation is 1. The third kappa shape index (κ3) is 4.07. The molecule has 0 spiro atoms. The molecule has 190 valence electrons. The molecule has 8 nitrogen and oxygen atoms in total. The van der Waals surface area contributed by atoms with E-state index in [-0.39, 0.29) is 0 Å². The Balaban J connectivity index is 1.36. The van der Waals surface area contributed by atoms with Gasteiger partial charge >= 0.3 is 0 Å². The largest absolute Gasteiger partial charge is 0.381 e. The van der Waals surface area contributed by atoms with Crippen molar-refractivity contribution in [1.82, 2.24) is 29.9 Å². The van der Waals surface area contributed by atoms with Crippen LogP contribution in [-0.2, 0) is 19.5 Å². The van der Waals surface area contributed by atoms with Crippen LogP contribution in [0.15, 0.2) is 72.5 Å². The lowest BCUT2D eigenvalue weighted by Gasteiger charge is -2.28. The first-order valence-electron chi connectivity index (χ1n) is 13.2. The zero-order valence-corrected chi connectivity index (χ0v) is 21.7. The molecular formula is C30H30N8. The second-order valence-corrected chi connectivity index (χ2v) is 10.4. The summed E-state index contributed by atoms with van der Waals surface area (Å²) in [7, 11) is 2.16. The van der Waals surface area contributed by atoms with Crippen molar-refractivity contribution in [3.8, 4) is 22.4 Å². The van der Waals surface area contributed by atoms with Crippen molar-refractivity contribution in [1.29, 1.82) is 0 Å². The highest BCUT2D eigenvalue weighted by Crippen LogP contribution is 2.41. The van der Waals surface area contributed by atoms with Gasteiger partial charge in [-0.05, 0) is 74.3 Å². The summed E-state index contributed by atoms with van der Waals surface area (Å²) < 4.78 is 1.95. The van der Waals surface area contributed by atoms with Gasteiger partial charge in [-0.3, -0.25) is 9.67 Å². The molecule has 4 aliphatic heterocycles. The van der Waals surface area contributed by atoms with Crippen LogP contribution in [0.4, 0.5) is 11.5 Å². The molecule has 0 unspecified atom stereocenters. The molecule has 0 saturated carbocycles. The summed E-state index contributed by atoms with van der Waals surface area (Å²) in [6.07, 6.45) is 11.9. The van der Waals surface area contributed by atoms with Crippen LogP contribution < -0.4 is 10.6 Å². The molecule has 0 radical (unpaired) electrons. The normalized spacial score (nSPS) is 16.9. The highest BCUT2D eigenvalue weighted by Gasteiger charge is 2.25. The maximum Gasteiger partial charge on any atom is 0.134 e. The van der Waals surface area contributed by atoms with Crippen LogP contribution in [0.1, 0.15) is 30.0 Å². The standard InChI is InChI=1S/C30H30N8/c1-19-14-33-26-6-4-21-13-25(26)29(19)27-7-5-24-23(8-9-32-30(24)34-27)28-18-38(36-35-28)11-3-10-37(2)17-20-12-22(21)16-31-15-20/h4,6-9,12-13,15-16,18,33H,3,5,10-11,14,17H2,1-2H3,(H,32,34). The lowest BCUT2D eigenvalue weighted by atomic mass is 9.88. The fourth-order valence-electron chi connectivity index (χ4n) is 5.76. The lowest BCUT2D eigenvalue weighted by Crippen LogP contribution is -2.20. The molecule has 7 heterocycles. The van der Waals surface area contributed by atoms with Crippen LogP contribution in [0.5, 0.6) is 0 Å². The van der Waals surface area contributed by atoms with Gasteiger partial charge in [-0.15, -0.1) is 5.10 Å². The van der Waals surface area contributed by atoms with Gasteiger partial charge in [0.1, 0.15) is 11.5 Å². The first-order valence-corrected chi connectivity index (χ1v) is 13.2. The molecule has 4 aromatic rings. The minimum Gasteiger partial charge on any atom is -0.381 e. The summed E-state index contributed by atoms with van der Waals surface area (Å²) in [5.41, 5.74) is 12.6. The number of aromatic nitrogens is 5. The SMILES string of the molecule is CC1=C2C3=CCc4c(ccnc4N3)-c3cn(nn3)CCCN(C)Cc3cncc(c3)-c3ccc(c2c3)NC1. The van der Waals surface area contributed by atoms with Crippen LogP contribution in [0.2, 0.25) is 0 Å². The van der Waals surface area contributed by atoms with Crippen molar-refractivity contribution in [3.05, 3.63) is 89.2 Å². The third-order valence-electron chi connectivity index (χ3n) is 7.67. The number of pyridine rings is 2. The average Bonchev–Trinajstić information content (AvgIpc) is 3.40. The van der Waals surface area contributed by atoms with E-state index >= 15 is 0 Å². The monoisotopic (exact) mass is 502 g/mol. The minimum atomic E-state index is 0.781. The number of hydrogen-bond donors (Lipinski definition) is 2. The molecule has 0 saturated heterocycles. The summed E-state index contributed by atoms with van der Waals surface area (Å²) in [4.78, 5) is 11.7. The fraction of sp³-hybridized carbons (Fsp3) is 0.267. The summed E-state index contributed by atoms with van der Waals surface area (Å²) in [5.74, 6) is 0.888. The van der Waals surface area contributed by atoms with Crippen molar-refractivity contribution < 1.29 is 0 Å². The number of nitrogens with one attached hydrogen (secondary N) is 2. The molecule has 0 fully saturated rings. The Kier molecular flexibility index (Phi) is 5.55. The summed E-state index contributed by atoms with van der Waals surface area (Å²) >= 11 is 0. The Labute approximate surface area is 222 Å². The van der Waals surface area contributed by atoms with Crippen LogP contribution in [-0.4, -0.2) is 50.0 Å². The lowest BCUT2D eigenvalue weighted by molar-refractivity contribution is 0.310. The second-order valence-electron chi connectivity index (χ2n) is 10.4. The van der Waals surface area contributed by atoms with Gasteiger partial charge in [0.2, 0.25) is 0 Å². The number of allylic oxidation sites excluding steroid dienone is 2. The van der Waals surface area contributed by atoms with Gasteiger partial charge in [0.05, 0.1) is 6.20 Å². The predicted octanol–water partition coefficient (Wildman–Crippen LogP) is 4.99. The van der Waals surface area contributed by atoms with Crippen LogP contribution >= 0.6 is 0 Å². The summed E-state index contributed by atoms with van der Waals surface area (Å²) in [5, 5.41) is 16.2. The van der Waals surface area contributed by atoms with Crippen molar-refractivity contribution in [2.45, 2.75) is 32.9 Å². The second kappa shape index (κ2) is 9.22. The molecule has 0 atom stereocenters. The Morgan fingerprint density at radius 1 is 1.00 bits per heavy atom. The number of hydrogen-bond acceptors (Lipinski definition) is 7. The van der Waals surface area contributed by atoms with E-state index in [0.29, 0.717) is 0 Å². The molecule has 10 bridgehead atoms. The molecule has 4 aliphatic rings. The Bertz CT molecular complexity index is 1610. The fourth-order valence-corrected chi connectivity index (χ4v) is 5.76. The highest BCUT2D eigenvalue weighted by molar-refractivity contribution is 5.94. The van der Waals surface area contributed by atoms with Gasteiger partial charge in [-0.2, -0.15) is 0 Å². The van der Waals surface area contributed by atoms with Crippen LogP contribution in [0, 0.1) is 0 Å². The molecule has 3 aromatic heterocycles. The van der Waals surface area contributed by atoms with E-state index in [4.69, 9.17) is 4.98 Å². The maximum atomic E-state index is 4.72. The number of anilines is 2. The average molecular weight is 503 g/mol. The number of fused-ring (bicyclic) bond motifs is 5. The first-order chi connectivity index (χ1) is 18.6. The minimum absolute atomic E-state index is 0.781. The molecule has 8 rings (SSSR count). The Morgan fingerprint density at radius 2 is 1.95 bits per heavy atom. The smallest absolute Gasteiger partial charge is 0.134 e. The predicted molar refractivity (Wildman–Crippen MR) is 150 cm³/mol. The Morgan fingerprint density at radius 3 is 2.89 bits per heavy atom. The van der Waals surface area contributed by atoms with E-state index in [0.717, 1.165) is 78.6 Å². The molecule has 0 aliphatic carbocycles. The molecule has 38 heavy (non-hydrogen) atoms. The van der Waals surface area contributed by atoms with E-state index in [9.17, 15) is 0 Å². The van der Waals surface area contributed by atoms with Crippen LogP contribution in [0.3, 0.4) is 0 Å². The molecular weight excluding hydrogens is 472 g/mol. The van der Waals surface area contributed by atoms with Crippen molar-refractivity contribution in [3.63, 3.8) is 0 Å². The quantitative estimate of drug-likeness (QED) is 0.351. The van der Waals surface area contributed by atoms with Gasteiger partial charge in [-0.25, -0.2) is 4.98 Å². The van der Waals surface area contributed by atoms with E-state index in [1.54, 1.807) is 0 Å². The van der Waals surface area contributed by atoms with Gasteiger partial charge in [0, 0.05) is 77.4 Å². The van der Waals surface area contributed by atoms with Crippen LogP contribution in [0.25, 0.3) is 28.0 Å². The number of rotatable bonds is 0. The number of nitrogens with zero attached hydrogens (tertiary/aromatic N) is 6. The van der Waals surface area contributed by atoms with Gasteiger partial charge in [-0.1, -0.05) is 17.4 Å². The van der Waals surface area contributed by atoms with Crippen molar-refractivity contribution in [2.24, 2.45) is 0 Å². The molecule has 0 amide bonds. The number of benzene rings is 1. The first kappa shape index (κ1) is 22.9. The van der Waals surface area contributed by atoms with E-state index in [1.165, 1.54) is 27.8 Å². The van der Waals surface area contributed by atoms with Gasteiger partial charge in [0.15, 0.2) is 0 Å². The van der Waals surface area contributed by atoms with E-state index < -0.39 is 0 Å². The topological polar surface area (TPSA) is 83.8 Å². The molecule has 1 aromatic carbocycles. The van der Waals surface area contributed by atoms with Crippen molar-refractivity contribution in [2.75, 3.05) is 30.8 Å². The summed E-state index contributed by atoms with van der Waals surface area (Å²) in [6.45, 7) is 5.64. The summed E-state index contributed by atoms with van der Waals surface area (Å²) in [6, 6.07) is 11.0. The zero-order valence-electron chi connectivity index (χ0n) is 21.7. The van der Waals surface area contributed by atoms with Gasteiger partial charge < -0.3 is 15.5 Å². The highest BCUT2D eigenvalue weighted by atomic mass is 15.4. The van der Waals surface area contributed by atoms with E-state index in [1.807, 2.05) is 29.3 Å². The maximum absolute atomic E-state index is 4.72. The molecule has 2 N–H and O–H groups in total. The van der Waals surface area contributed by atoms with Crippen molar-refractivity contribution >= 4 is 17.1 Å². The zero-order chi connectivity index (χ0) is 25.6. The third-order valence-corrected chi connectivity index (χ3v) is 7.67. The van der Waals surface area contributed by atoms with E-state index in [2.05, 4.69) is 81.3 Å². The molecule has 8 heteroatoms. The van der Waals surface area contributed by atoms with Gasteiger partial charge in [0.25, 0.3) is 0 Å².